The van der Waals surface area contributed by atoms with Crippen molar-refractivity contribution in [2.24, 2.45) is 0 Å². The summed E-state index contributed by atoms with van der Waals surface area (Å²) in [6.45, 7) is 7.68. The monoisotopic (exact) mass is 345 g/mol. The molecule has 1 N–H and O–H groups in total. The molecule has 0 bridgehead atoms. The standard InChI is InChI=1S/C19H27N3O3/c1-2-18(23)15-3-5-17(6-4-15)25-14-19(24)22-10-7-16(13-22)21-11-8-20-9-12-21/h3-6,16,20H,2,7-14H2,1H3. The van der Waals surface area contributed by atoms with Crippen LogP contribution in [0.1, 0.15) is 30.1 Å². The Morgan fingerprint density at radius 2 is 1.88 bits per heavy atom. The van der Waals surface area contributed by atoms with E-state index in [4.69, 9.17) is 4.74 Å². The number of ether oxygens (including phenoxy) is 1. The first-order chi connectivity index (χ1) is 12.2. The number of hydrogen-bond acceptors (Lipinski definition) is 5. The van der Waals surface area contributed by atoms with Gasteiger partial charge in [-0.15, -0.1) is 0 Å². The molecule has 2 saturated heterocycles. The van der Waals surface area contributed by atoms with E-state index < -0.39 is 0 Å². The smallest absolute Gasteiger partial charge is 0.260 e. The van der Waals surface area contributed by atoms with Crippen molar-refractivity contribution in [3.63, 3.8) is 0 Å². The first kappa shape index (κ1) is 17.9. The fraction of sp³-hybridized carbons (Fsp3) is 0.579. The Morgan fingerprint density at radius 1 is 1.16 bits per heavy atom. The van der Waals surface area contributed by atoms with Crippen molar-refractivity contribution in [3.05, 3.63) is 29.8 Å². The number of likely N-dealkylation sites (tertiary alicyclic amines) is 1. The summed E-state index contributed by atoms with van der Waals surface area (Å²) in [7, 11) is 0. The quantitative estimate of drug-likeness (QED) is 0.784. The van der Waals surface area contributed by atoms with E-state index >= 15 is 0 Å². The lowest BCUT2D eigenvalue weighted by molar-refractivity contribution is -0.132. The number of benzene rings is 1. The fourth-order valence-electron chi connectivity index (χ4n) is 3.49. The van der Waals surface area contributed by atoms with Crippen LogP contribution < -0.4 is 10.1 Å². The van der Waals surface area contributed by atoms with Crippen LogP contribution in [0.5, 0.6) is 5.75 Å². The highest BCUT2D eigenvalue weighted by molar-refractivity contribution is 5.95. The van der Waals surface area contributed by atoms with Crippen LogP contribution in [0, 0.1) is 0 Å². The van der Waals surface area contributed by atoms with Crippen LogP contribution in [0.4, 0.5) is 0 Å². The van der Waals surface area contributed by atoms with Crippen molar-refractivity contribution in [1.82, 2.24) is 15.1 Å². The fourth-order valence-corrected chi connectivity index (χ4v) is 3.49. The zero-order valence-electron chi connectivity index (χ0n) is 14.9. The average molecular weight is 345 g/mol. The normalized spacial score (nSPS) is 21.3. The Kier molecular flexibility index (Phi) is 6.04. The molecule has 2 aliphatic heterocycles. The van der Waals surface area contributed by atoms with E-state index in [0.717, 1.165) is 45.7 Å². The highest BCUT2D eigenvalue weighted by atomic mass is 16.5. The van der Waals surface area contributed by atoms with E-state index in [-0.39, 0.29) is 18.3 Å². The highest BCUT2D eigenvalue weighted by Crippen LogP contribution is 2.17. The number of rotatable bonds is 6. The number of Topliss-reactive ketones (excluding diaryl/α,β-unsaturated/α-hetero) is 1. The third-order valence-electron chi connectivity index (χ3n) is 5.04. The van der Waals surface area contributed by atoms with Crippen LogP contribution in [0.3, 0.4) is 0 Å². The molecule has 2 aliphatic rings. The van der Waals surface area contributed by atoms with E-state index in [0.29, 0.717) is 23.8 Å². The molecular formula is C19H27N3O3. The number of hydrogen-bond donors (Lipinski definition) is 1. The van der Waals surface area contributed by atoms with Crippen LogP contribution in [0.15, 0.2) is 24.3 Å². The number of carbonyl (C=O) groups excluding carboxylic acids is 2. The van der Waals surface area contributed by atoms with Crippen molar-refractivity contribution in [2.45, 2.75) is 25.8 Å². The second-order valence-corrected chi connectivity index (χ2v) is 6.66. The van der Waals surface area contributed by atoms with Crippen molar-refractivity contribution in [1.29, 1.82) is 0 Å². The Balaban J connectivity index is 1.45. The molecule has 0 spiro atoms. The molecule has 0 aromatic heterocycles. The molecule has 2 heterocycles. The molecule has 0 aliphatic carbocycles. The van der Waals surface area contributed by atoms with Gasteiger partial charge in [-0.05, 0) is 30.7 Å². The molecule has 2 fully saturated rings. The third-order valence-corrected chi connectivity index (χ3v) is 5.04. The maximum absolute atomic E-state index is 12.4. The summed E-state index contributed by atoms with van der Waals surface area (Å²) < 4.78 is 5.60. The lowest BCUT2D eigenvalue weighted by Crippen LogP contribution is -2.49. The summed E-state index contributed by atoms with van der Waals surface area (Å²) in [4.78, 5) is 28.4. The zero-order valence-corrected chi connectivity index (χ0v) is 14.9. The van der Waals surface area contributed by atoms with Crippen LogP contribution in [-0.2, 0) is 4.79 Å². The van der Waals surface area contributed by atoms with Crippen LogP contribution in [-0.4, -0.2) is 73.4 Å². The van der Waals surface area contributed by atoms with Gasteiger partial charge >= 0.3 is 0 Å². The maximum atomic E-state index is 12.4. The summed E-state index contributed by atoms with van der Waals surface area (Å²) in [5.74, 6) is 0.767. The van der Waals surface area contributed by atoms with Crippen LogP contribution in [0.25, 0.3) is 0 Å². The van der Waals surface area contributed by atoms with Crippen LogP contribution >= 0.6 is 0 Å². The van der Waals surface area contributed by atoms with Gasteiger partial charge in [0.25, 0.3) is 5.91 Å². The number of amides is 1. The minimum Gasteiger partial charge on any atom is -0.484 e. The molecule has 1 unspecified atom stereocenters. The summed E-state index contributed by atoms with van der Waals surface area (Å²) >= 11 is 0. The molecule has 0 saturated carbocycles. The van der Waals surface area contributed by atoms with Crippen molar-refractivity contribution < 1.29 is 14.3 Å². The largest absolute Gasteiger partial charge is 0.484 e. The van der Waals surface area contributed by atoms with Crippen LogP contribution in [0.2, 0.25) is 0 Å². The van der Waals surface area contributed by atoms with Crippen molar-refractivity contribution in [3.8, 4) is 5.75 Å². The Labute approximate surface area is 149 Å². The van der Waals surface area contributed by atoms with E-state index in [9.17, 15) is 9.59 Å². The first-order valence-corrected chi connectivity index (χ1v) is 9.16. The Morgan fingerprint density at radius 3 is 2.56 bits per heavy atom. The van der Waals surface area contributed by atoms with Gasteiger partial charge < -0.3 is 15.0 Å². The molecule has 3 rings (SSSR count). The number of ketones is 1. The molecule has 6 nitrogen and oxygen atoms in total. The Hall–Kier alpha value is -1.92. The molecule has 136 valence electrons. The molecule has 25 heavy (non-hydrogen) atoms. The third kappa shape index (κ3) is 4.58. The van der Waals surface area contributed by atoms with E-state index in [1.165, 1.54) is 0 Å². The molecule has 1 aromatic carbocycles. The minimum atomic E-state index is 0.0337. The number of nitrogens with zero attached hydrogens (tertiary/aromatic N) is 2. The summed E-state index contributed by atoms with van der Waals surface area (Å²) in [5.41, 5.74) is 0.680. The van der Waals surface area contributed by atoms with Gasteiger partial charge in [0.05, 0.1) is 0 Å². The van der Waals surface area contributed by atoms with E-state index in [1.807, 2.05) is 11.8 Å². The molecule has 6 heteroatoms. The van der Waals surface area contributed by atoms with Gasteiger partial charge in [-0.1, -0.05) is 6.92 Å². The van der Waals surface area contributed by atoms with Gasteiger partial charge in [0.2, 0.25) is 0 Å². The first-order valence-electron chi connectivity index (χ1n) is 9.16. The average Bonchev–Trinajstić information content (AvgIpc) is 3.17. The lowest BCUT2D eigenvalue weighted by atomic mass is 10.1. The van der Waals surface area contributed by atoms with Crippen molar-refractivity contribution in [2.75, 3.05) is 45.9 Å². The van der Waals surface area contributed by atoms with Gasteiger partial charge in [-0.3, -0.25) is 14.5 Å². The minimum absolute atomic E-state index is 0.0337. The SMILES string of the molecule is CCC(=O)c1ccc(OCC(=O)N2CCC(N3CCNCC3)C2)cc1. The molecule has 1 atom stereocenters. The van der Waals surface area contributed by atoms with E-state index in [2.05, 4.69) is 10.2 Å². The topological polar surface area (TPSA) is 61.9 Å². The number of piperazine rings is 1. The molecular weight excluding hydrogens is 318 g/mol. The number of nitrogens with one attached hydrogen (secondary N) is 1. The maximum Gasteiger partial charge on any atom is 0.260 e. The predicted molar refractivity (Wildman–Crippen MR) is 96.0 cm³/mol. The molecule has 1 amide bonds. The second-order valence-electron chi connectivity index (χ2n) is 6.66. The highest BCUT2D eigenvalue weighted by Gasteiger charge is 2.30. The van der Waals surface area contributed by atoms with Gasteiger partial charge in [0.1, 0.15) is 5.75 Å². The summed E-state index contributed by atoms with van der Waals surface area (Å²) in [5, 5.41) is 3.36. The summed E-state index contributed by atoms with van der Waals surface area (Å²) in [6, 6.07) is 7.49. The predicted octanol–water partition coefficient (Wildman–Crippen LogP) is 1.16. The lowest BCUT2D eigenvalue weighted by Gasteiger charge is -2.32. The van der Waals surface area contributed by atoms with E-state index in [1.54, 1.807) is 24.3 Å². The number of carbonyl (C=O) groups is 2. The summed E-state index contributed by atoms with van der Waals surface area (Å²) in [6.07, 6.45) is 1.53. The zero-order chi connectivity index (χ0) is 17.6. The Bertz CT molecular complexity index is 596. The van der Waals surface area contributed by atoms with Crippen molar-refractivity contribution >= 4 is 11.7 Å². The van der Waals surface area contributed by atoms with Gasteiger partial charge in [0.15, 0.2) is 12.4 Å². The molecule has 1 aromatic rings. The van der Waals surface area contributed by atoms with Gasteiger partial charge in [-0.25, -0.2) is 0 Å². The van der Waals surface area contributed by atoms with Gasteiger partial charge in [0, 0.05) is 57.3 Å². The van der Waals surface area contributed by atoms with Gasteiger partial charge in [-0.2, -0.15) is 0 Å². The second kappa shape index (κ2) is 8.45. The molecule has 0 radical (unpaired) electrons.